The molecule has 2 aromatic rings. The highest BCUT2D eigenvalue weighted by molar-refractivity contribution is 6.31. The summed E-state index contributed by atoms with van der Waals surface area (Å²) < 4.78 is 1.47. The first-order chi connectivity index (χ1) is 8.99. The van der Waals surface area contributed by atoms with Crippen LogP contribution in [-0.2, 0) is 6.54 Å². The normalized spacial score (nSPS) is 10.4. The average Bonchev–Trinajstić information content (AvgIpc) is 2.37. The van der Waals surface area contributed by atoms with Crippen molar-refractivity contribution in [3.63, 3.8) is 0 Å². The van der Waals surface area contributed by atoms with Gasteiger partial charge in [-0.1, -0.05) is 17.7 Å². The number of aromatic nitrogens is 1. The molecule has 19 heavy (non-hydrogen) atoms. The Bertz CT molecular complexity index is 695. The summed E-state index contributed by atoms with van der Waals surface area (Å²) in [5.74, 6) is 0. The van der Waals surface area contributed by atoms with Crippen LogP contribution in [-0.4, -0.2) is 9.49 Å². The molecule has 0 radical (unpaired) electrons. The molecule has 98 valence electrons. The Morgan fingerprint density at radius 1 is 1.37 bits per heavy atom. The Morgan fingerprint density at radius 2 is 2.11 bits per heavy atom. The van der Waals surface area contributed by atoms with Gasteiger partial charge < -0.3 is 4.57 Å². The number of hydrogen-bond donors (Lipinski definition) is 0. The molecule has 0 aliphatic heterocycles. The van der Waals surface area contributed by atoms with Crippen LogP contribution in [0.5, 0.6) is 0 Å². The van der Waals surface area contributed by atoms with Crippen molar-refractivity contribution >= 4 is 17.3 Å². The first-order valence-corrected chi connectivity index (χ1v) is 5.95. The second kappa shape index (κ2) is 5.24. The molecule has 0 N–H and O–H groups in total. The maximum Gasteiger partial charge on any atom is 0.269 e. The van der Waals surface area contributed by atoms with E-state index < -0.39 is 4.92 Å². The lowest BCUT2D eigenvalue weighted by molar-refractivity contribution is -0.384. The average molecular weight is 279 g/mol. The van der Waals surface area contributed by atoms with Gasteiger partial charge in [0.1, 0.15) is 0 Å². The zero-order valence-electron chi connectivity index (χ0n) is 10.2. The number of halogens is 1. The predicted octanol–water partition coefficient (Wildman–Crippen LogP) is 2.77. The lowest BCUT2D eigenvalue weighted by atomic mass is 10.2. The Kier molecular flexibility index (Phi) is 3.66. The molecule has 1 heterocycles. The third-order valence-corrected chi connectivity index (χ3v) is 3.16. The van der Waals surface area contributed by atoms with E-state index >= 15 is 0 Å². The van der Waals surface area contributed by atoms with Crippen LogP contribution < -0.4 is 5.56 Å². The number of benzene rings is 1. The highest BCUT2D eigenvalue weighted by atomic mass is 35.5. The summed E-state index contributed by atoms with van der Waals surface area (Å²) >= 11 is 6.00. The van der Waals surface area contributed by atoms with Crippen LogP contribution in [0.1, 0.15) is 11.1 Å². The molecule has 0 amide bonds. The van der Waals surface area contributed by atoms with Gasteiger partial charge in [-0.25, -0.2) is 0 Å². The first-order valence-electron chi connectivity index (χ1n) is 5.58. The maximum absolute atomic E-state index is 11.9. The van der Waals surface area contributed by atoms with Crippen molar-refractivity contribution in [1.82, 2.24) is 4.57 Å². The molecule has 0 bridgehead atoms. The van der Waals surface area contributed by atoms with E-state index in [0.717, 1.165) is 0 Å². The maximum atomic E-state index is 11.9. The molecule has 0 aliphatic rings. The van der Waals surface area contributed by atoms with E-state index in [0.29, 0.717) is 16.1 Å². The zero-order valence-corrected chi connectivity index (χ0v) is 10.9. The molecule has 0 atom stereocenters. The molecular weight excluding hydrogens is 268 g/mol. The summed E-state index contributed by atoms with van der Waals surface area (Å²) in [6, 6.07) is 7.66. The lowest BCUT2D eigenvalue weighted by Crippen LogP contribution is -2.21. The molecule has 5 nitrogen and oxygen atoms in total. The quantitative estimate of drug-likeness (QED) is 0.640. The van der Waals surface area contributed by atoms with Crippen molar-refractivity contribution in [3.8, 4) is 0 Å². The van der Waals surface area contributed by atoms with Gasteiger partial charge in [0.05, 0.1) is 11.5 Å². The van der Waals surface area contributed by atoms with E-state index in [2.05, 4.69) is 0 Å². The predicted molar refractivity (Wildman–Crippen MR) is 72.6 cm³/mol. The summed E-state index contributed by atoms with van der Waals surface area (Å²) in [5.41, 5.74) is 0.984. The highest BCUT2D eigenvalue weighted by Gasteiger charge is 2.10. The minimum Gasteiger partial charge on any atom is -0.311 e. The third-order valence-electron chi connectivity index (χ3n) is 2.79. The Morgan fingerprint density at radius 3 is 2.79 bits per heavy atom. The fourth-order valence-electron chi connectivity index (χ4n) is 1.76. The van der Waals surface area contributed by atoms with Crippen molar-refractivity contribution in [3.05, 3.63) is 73.1 Å². The number of nitrogens with zero attached hydrogens (tertiary/aromatic N) is 2. The Hall–Kier alpha value is -2.14. The lowest BCUT2D eigenvalue weighted by Gasteiger charge is -2.08. The van der Waals surface area contributed by atoms with E-state index in [1.165, 1.54) is 22.8 Å². The number of nitro benzene ring substituents is 1. The second-order valence-electron chi connectivity index (χ2n) is 4.16. The van der Waals surface area contributed by atoms with Crippen molar-refractivity contribution in [2.45, 2.75) is 13.5 Å². The molecule has 0 saturated heterocycles. The SMILES string of the molecule is Cc1cccn(Cc2cc([N+](=O)[O-])ccc2Cl)c1=O. The number of hydrogen-bond acceptors (Lipinski definition) is 3. The summed E-state index contributed by atoms with van der Waals surface area (Å²) in [6.45, 7) is 1.93. The molecular formula is C13H11ClN2O3. The molecule has 2 rings (SSSR count). The fourth-order valence-corrected chi connectivity index (χ4v) is 1.94. The van der Waals surface area contributed by atoms with Gasteiger partial charge in [-0.3, -0.25) is 14.9 Å². The van der Waals surface area contributed by atoms with Gasteiger partial charge in [-0.05, 0) is 24.6 Å². The number of non-ortho nitro benzene ring substituents is 1. The fraction of sp³-hybridized carbons (Fsp3) is 0.154. The van der Waals surface area contributed by atoms with Crippen LogP contribution in [0.3, 0.4) is 0 Å². The van der Waals surface area contributed by atoms with Gasteiger partial charge in [0.15, 0.2) is 0 Å². The Labute approximate surface area is 114 Å². The van der Waals surface area contributed by atoms with Crippen LogP contribution >= 0.6 is 11.6 Å². The monoisotopic (exact) mass is 278 g/mol. The third kappa shape index (κ3) is 2.82. The molecule has 1 aromatic heterocycles. The summed E-state index contributed by atoms with van der Waals surface area (Å²) in [4.78, 5) is 22.1. The van der Waals surface area contributed by atoms with E-state index in [1.807, 2.05) is 0 Å². The summed E-state index contributed by atoms with van der Waals surface area (Å²) in [5, 5.41) is 11.1. The van der Waals surface area contributed by atoms with Crippen LogP contribution in [0, 0.1) is 17.0 Å². The van der Waals surface area contributed by atoms with Gasteiger partial charge >= 0.3 is 0 Å². The minimum absolute atomic E-state index is 0.0416. The van der Waals surface area contributed by atoms with Crippen molar-refractivity contribution in [2.75, 3.05) is 0 Å². The molecule has 0 unspecified atom stereocenters. The highest BCUT2D eigenvalue weighted by Crippen LogP contribution is 2.22. The Balaban J connectivity index is 2.43. The van der Waals surface area contributed by atoms with Gasteiger partial charge in [-0.2, -0.15) is 0 Å². The van der Waals surface area contributed by atoms with Crippen LogP contribution in [0.4, 0.5) is 5.69 Å². The standard InChI is InChI=1S/C13H11ClN2O3/c1-9-3-2-6-15(13(9)17)8-10-7-11(16(18)19)4-5-12(10)14/h2-7H,8H2,1H3. The molecule has 0 spiro atoms. The van der Waals surface area contributed by atoms with E-state index in [-0.39, 0.29) is 17.8 Å². The van der Waals surface area contributed by atoms with Crippen molar-refractivity contribution < 1.29 is 4.92 Å². The largest absolute Gasteiger partial charge is 0.311 e. The van der Waals surface area contributed by atoms with Crippen LogP contribution in [0.15, 0.2) is 41.3 Å². The van der Waals surface area contributed by atoms with Gasteiger partial charge in [0, 0.05) is 28.9 Å². The minimum atomic E-state index is -0.487. The van der Waals surface area contributed by atoms with E-state index in [4.69, 9.17) is 11.6 Å². The van der Waals surface area contributed by atoms with Crippen molar-refractivity contribution in [1.29, 1.82) is 0 Å². The summed E-state index contributed by atoms with van der Waals surface area (Å²) in [6.07, 6.45) is 1.63. The van der Waals surface area contributed by atoms with Gasteiger partial charge in [0.25, 0.3) is 11.2 Å². The smallest absolute Gasteiger partial charge is 0.269 e. The number of aryl methyl sites for hydroxylation is 1. The number of rotatable bonds is 3. The molecule has 6 heteroatoms. The van der Waals surface area contributed by atoms with Crippen molar-refractivity contribution in [2.24, 2.45) is 0 Å². The van der Waals surface area contributed by atoms with E-state index in [9.17, 15) is 14.9 Å². The van der Waals surface area contributed by atoms with Gasteiger partial charge in [0.2, 0.25) is 0 Å². The summed E-state index contributed by atoms with van der Waals surface area (Å²) in [7, 11) is 0. The zero-order chi connectivity index (χ0) is 14.0. The topological polar surface area (TPSA) is 65.1 Å². The molecule has 1 aromatic carbocycles. The van der Waals surface area contributed by atoms with E-state index in [1.54, 1.807) is 25.3 Å². The molecule has 0 saturated carbocycles. The van der Waals surface area contributed by atoms with Crippen LogP contribution in [0.2, 0.25) is 5.02 Å². The molecule has 0 fully saturated rings. The first kappa shape index (κ1) is 13.3. The molecule has 0 aliphatic carbocycles. The number of pyridine rings is 1. The van der Waals surface area contributed by atoms with Crippen LogP contribution in [0.25, 0.3) is 0 Å². The second-order valence-corrected chi connectivity index (χ2v) is 4.56. The van der Waals surface area contributed by atoms with Gasteiger partial charge in [-0.15, -0.1) is 0 Å². The number of nitro groups is 1.